The van der Waals surface area contributed by atoms with Crippen molar-refractivity contribution < 1.29 is 57.1 Å². The van der Waals surface area contributed by atoms with Gasteiger partial charge in [0, 0.05) is 111 Å². The van der Waals surface area contributed by atoms with Crippen LogP contribution in [0.3, 0.4) is 0 Å². The van der Waals surface area contributed by atoms with E-state index < -0.39 is 0 Å². The molecule has 2 saturated heterocycles. The number of ether oxygens (including phenoxy) is 8. The number of piperidine rings is 2. The molecule has 6 aromatic carbocycles. The van der Waals surface area contributed by atoms with Crippen molar-refractivity contribution in [2.24, 2.45) is 0 Å². The molecular weight excluding hydrogens is 1130 g/mol. The molecule has 0 spiro atoms. The molecule has 478 valence electrons. The quantitative estimate of drug-likeness (QED) is 0.0241. The maximum atomic E-state index is 12.9. The molecule has 20 heteroatoms. The molecule has 0 aromatic heterocycles. The Labute approximate surface area is 524 Å². The van der Waals surface area contributed by atoms with E-state index in [4.69, 9.17) is 37.9 Å². The van der Waals surface area contributed by atoms with Gasteiger partial charge in [0.1, 0.15) is 35.2 Å². The number of urea groups is 2. The van der Waals surface area contributed by atoms with E-state index in [-0.39, 0.29) is 48.2 Å². The Balaban J connectivity index is 0.000000254. The van der Waals surface area contributed by atoms with Crippen molar-refractivity contribution >= 4 is 46.6 Å². The minimum atomic E-state index is -0.262. The van der Waals surface area contributed by atoms with Crippen LogP contribution in [0.2, 0.25) is 0 Å². The lowest BCUT2D eigenvalue weighted by molar-refractivity contribution is 0.0691. The molecule has 0 atom stereocenters. The first kappa shape index (κ1) is 67.9. The second-order valence-corrected chi connectivity index (χ2v) is 21.7. The van der Waals surface area contributed by atoms with Gasteiger partial charge in [0.05, 0.1) is 27.4 Å². The van der Waals surface area contributed by atoms with Crippen molar-refractivity contribution in [2.75, 3.05) is 102 Å². The number of hydrogen-bond acceptors (Lipinski definition) is 14. The van der Waals surface area contributed by atoms with Gasteiger partial charge in [0.2, 0.25) is 0 Å². The fourth-order valence-electron chi connectivity index (χ4n) is 10.0. The predicted octanol–water partition coefficient (Wildman–Crippen LogP) is 13.5. The van der Waals surface area contributed by atoms with E-state index in [1.165, 1.54) is 0 Å². The van der Waals surface area contributed by atoms with Crippen LogP contribution < -0.4 is 60.3 Å². The lowest BCUT2D eigenvalue weighted by atomic mass is 10.1. The third-order valence-corrected chi connectivity index (χ3v) is 15.4. The first-order chi connectivity index (χ1) is 43.3. The summed E-state index contributed by atoms with van der Waals surface area (Å²) < 4.78 is 46.0. The van der Waals surface area contributed by atoms with Gasteiger partial charge in [-0.3, -0.25) is 9.59 Å². The summed E-state index contributed by atoms with van der Waals surface area (Å²) in [6.07, 6.45) is 7.69. The van der Waals surface area contributed by atoms with E-state index in [0.29, 0.717) is 68.4 Å². The van der Waals surface area contributed by atoms with Crippen LogP contribution in [0.1, 0.15) is 107 Å². The molecule has 0 saturated carbocycles. The number of carbonyl (C=O) groups excluding carboxylic acids is 4. The Morgan fingerprint density at radius 2 is 0.798 bits per heavy atom. The van der Waals surface area contributed by atoms with Crippen LogP contribution in [0.4, 0.5) is 32.3 Å². The summed E-state index contributed by atoms with van der Waals surface area (Å²) in [7, 11) is 4.81. The molecule has 6 aromatic rings. The van der Waals surface area contributed by atoms with E-state index in [1.54, 1.807) is 131 Å². The third-order valence-electron chi connectivity index (χ3n) is 15.4. The zero-order valence-corrected chi connectivity index (χ0v) is 52.8. The fraction of sp³-hybridized carbons (Fsp3) is 0.420. The average molecular weight is 1220 g/mol. The lowest BCUT2D eigenvalue weighted by Gasteiger charge is -2.32. The Kier molecular flexibility index (Phi) is 27.5. The number of rotatable bonds is 29. The van der Waals surface area contributed by atoms with Crippen LogP contribution in [-0.2, 0) is 9.47 Å². The molecule has 2 heterocycles. The Morgan fingerprint density at radius 1 is 0.438 bits per heavy atom. The molecule has 6 amide bonds. The lowest BCUT2D eigenvalue weighted by Crippen LogP contribution is -2.39. The summed E-state index contributed by atoms with van der Waals surface area (Å²) in [4.78, 5) is 55.1. The number of anilines is 4. The molecule has 6 N–H and O–H groups in total. The summed E-state index contributed by atoms with van der Waals surface area (Å²) in [6, 6.07) is 38.8. The van der Waals surface area contributed by atoms with Crippen molar-refractivity contribution in [1.82, 2.24) is 20.4 Å². The number of methoxy groups -OCH3 is 3. The Bertz CT molecular complexity index is 3110. The van der Waals surface area contributed by atoms with E-state index >= 15 is 0 Å². The molecule has 89 heavy (non-hydrogen) atoms. The maximum absolute atomic E-state index is 12.9. The SMILES string of the molecule is CCC(CC)NC(=O)Nc1ccc(Oc2ccc(NC(=O)c3ccc(OC4CCN(CCOC)CC4)cc3)cc2)c(OC)c1.CCOCCN1CCC(Oc2ccc(C(=O)Nc3ccc(Oc4ccc(NC(=O)NC(CC)CC)cc4OC)cc3)cc2)CC1. The molecule has 0 aliphatic carbocycles. The number of benzene rings is 6. The minimum Gasteiger partial charge on any atom is -0.493 e. The fourth-order valence-corrected chi connectivity index (χ4v) is 10.0. The molecule has 2 aliphatic heterocycles. The number of nitrogens with one attached hydrogen (secondary N) is 6. The highest BCUT2D eigenvalue weighted by atomic mass is 16.5. The van der Waals surface area contributed by atoms with Crippen LogP contribution in [0, 0.1) is 0 Å². The van der Waals surface area contributed by atoms with E-state index in [2.05, 4.69) is 41.7 Å². The summed E-state index contributed by atoms with van der Waals surface area (Å²) in [5.74, 6) is 4.19. The highest BCUT2D eigenvalue weighted by Gasteiger charge is 2.23. The molecule has 20 nitrogen and oxygen atoms in total. The number of carbonyl (C=O) groups is 4. The van der Waals surface area contributed by atoms with Gasteiger partial charge in [0.25, 0.3) is 11.8 Å². The van der Waals surface area contributed by atoms with Gasteiger partial charge in [-0.15, -0.1) is 0 Å². The predicted molar refractivity (Wildman–Crippen MR) is 349 cm³/mol. The van der Waals surface area contributed by atoms with Gasteiger partial charge in [-0.2, -0.15) is 0 Å². The molecular formula is C69H90N8O12. The summed E-state index contributed by atoms with van der Waals surface area (Å²) >= 11 is 0. The molecule has 8 rings (SSSR count). The number of likely N-dealkylation sites (tertiary alicyclic amines) is 2. The van der Waals surface area contributed by atoms with Gasteiger partial charge in [-0.1, -0.05) is 27.7 Å². The Morgan fingerprint density at radius 3 is 1.15 bits per heavy atom. The van der Waals surface area contributed by atoms with Gasteiger partial charge < -0.3 is 79.6 Å². The number of nitrogens with zero attached hydrogens (tertiary/aromatic N) is 2. The van der Waals surface area contributed by atoms with E-state index in [9.17, 15) is 19.2 Å². The average Bonchev–Trinajstić information content (AvgIpc) is 3.73. The maximum Gasteiger partial charge on any atom is 0.319 e. The van der Waals surface area contributed by atoms with Gasteiger partial charge in [0.15, 0.2) is 23.0 Å². The van der Waals surface area contributed by atoms with Gasteiger partial charge in [-0.05, 0) is 180 Å². The van der Waals surface area contributed by atoms with Crippen LogP contribution >= 0.6 is 0 Å². The summed E-state index contributed by atoms with van der Waals surface area (Å²) in [5.41, 5.74) is 3.54. The first-order valence-corrected chi connectivity index (χ1v) is 31.0. The van der Waals surface area contributed by atoms with Crippen LogP contribution in [0.5, 0.6) is 46.0 Å². The number of hydrogen-bond donors (Lipinski definition) is 6. The molecule has 0 unspecified atom stereocenters. The Hall–Kier alpha value is -8.56. The van der Waals surface area contributed by atoms with Gasteiger partial charge in [-0.25, -0.2) is 9.59 Å². The smallest absolute Gasteiger partial charge is 0.319 e. The normalized spacial score (nSPS) is 13.7. The van der Waals surface area contributed by atoms with Crippen LogP contribution in [0.15, 0.2) is 133 Å². The molecule has 2 aliphatic rings. The third kappa shape index (κ3) is 22.2. The topological polar surface area (TPSA) is 221 Å². The van der Waals surface area contributed by atoms with E-state index in [1.807, 2.05) is 58.9 Å². The van der Waals surface area contributed by atoms with Gasteiger partial charge >= 0.3 is 12.1 Å². The van der Waals surface area contributed by atoms with Crippen LogP contribution in [0.25, 0.3) is 0 Å². The standard InChI is InChI=1S/C35H46N4O6.C34H44N4O6/c1-5-26(6-2)37-35(41)38-28-12-17-32(33(24-28)42-4)45-30-15-10-27(11-16-30)36-34(40)25-8-13-29(14-9-25)44-31-18-20-39(21-19-31)22-23-43-7-3;1-5-25(6-2)36-34(40)37-27-11-16-31(32(23-27)42-4)44-29-14-9-26(10-15-29)35-33(39)24-7-12-28(13-8-24)43-30-17-19-38(20-18-30)21-22-41-3/h8-17,24,26,31H,5-7,18-23H2,1-4H3,(H,36,40)(H2,37,38,41);7-16,23,25,30H,5-6,17-22H2,1-4H3,(H,35,39)(H2,36,37,40). The van der Waals surface area contributed by atoms with Crippen molar-refractivity contribution in [2.45, 2.75) is 110 Å². The van der Waals surface area contributed by atoms with Crippen molar-refractivity contribution in [3.63, 3.8) is 0 Å². The number of amides is 6. The summed E-state index contributed by atoms with van der Waals surface area (Å²) in [5, 5.41) is 17.4. The minimum absolute atomic E-state index is 0.123. The second kappa shape index (κ2) is 36.1. The zero-order chi connectivity index (χ0) is 63.3. The second-order valence-electron chi connectivity index (χ2n) is 21.7. The molecule has 2 fully saturated rings. The molecule has 0 radical (unpaired) electrons. The van der Waals surface area contributed by atoms with Crippen molar-refractivity contribution in [3.05, 3.63) is 145 Å². The largest absolute Gasteiger partial charge is 0.493 e. The highest BCUT2D eigenvalue weighted by Crippen LogP contribution is 2.36. The first-order valence-electron chi connectivity index (χ1n) is 31.0. The van der Waals surface area contributed by atoms with E-state index in [0.717, 1.165) is 122 Å². The summed E-state index contributed by atoms with van der Waals surface area (Å²) in [6.45, 7) is 18.3. The van der Waals surface area contributed by atoms with Crippen molar-refractivity contribution in [1.29, 1.82) is 0 Å². The van der Waals surface area contributed by atoms with Crippen LogP contribution in [-0.4, -0.2) is 138 Å². The zero-order valence-electron chi connectivity index (χ0n) is 52.8. The highest BCUT2D eigenvalue weighted by molar-refractivity contribution is 6.05. The molecule has 0 bridgehead atoms. The van der Waals surface area contributed by atoms with Crippen molar-refractivity contribution in [3.8, 4) is 46.0 Å². The monoisotopic (exact) mass is 1220 g/mol.